The zero-order valence-corrected chi connectivity index (χ0v) is 51.1. The van der Waals surface area contributed by atoms with Gasteiger partial charge in [-0.15, -0.1) is 0 Å². The molecule has 0 aliphatic carbocycles. The lowest BCUT2D eigenvalue weighted by atomic mass is 10.1. The molecule has 0 radical (unpaired) electrons. The highest BCUT2D eigenvalue weighted by atomic mass is 79.9. The van der Waals surface area contributed by atoms with E-state index < -0.39 is 0 Å². The van der Waals surface area contributed by atoms with E-state index in [4.69, 9.17) is 9.97 Å². The number of hydrogen-bond donors (Lipinski definition) is 4. The number of likely N-dealkylation sites (N-methyl/N-ethyl adjacent to an activating group) is 2. The smallest absolute Gasteiger partial charge is 0.321 e. The summed E-state index contributed by atoms with van der Waals surface area (Å²) in [5.41, 5.74) is 9.64. The molecule has 0 spiro atoms. The summed E-state index contributed by atoms with van der Waals surface area (Å²) in [5.74, 6) is 2.49. The van der Waals surface area contributed by atoms with E-state index in [9.17, 15) is 9.59 Å². The van der Waals surface area contributed by atoms with Crippen LogP contribution in [-0.2, 0) is 0 Å². The zero-order chi connectivity index (χ0) is 61.0. The van der Waals surface area contributed by atoms with Gasteiger partial charge in [-0.05, 0) is 140 Å². The van der Waals surface area contributed by atoms with Crippen molar-refractivity contribution in [3.05, 3.63) is 206 Å². The van der Waals surface area contributed by atoms with Gasteiger partial charge in [0, 0.05) is 116 Å². The predicted octanol–water partition coefficient (Wildman–Crippen LogP) is 12.1. The fraction of sp³-hybridized carbons (Fsp3) is 0.206. The van der Waals surface area contributed by atoms with Crippen LogP contribution in [0.4, 0.5) is 32.9 Å². The van der Waals surface area contributed by atoms with Gasteiger partial charge in [0.2, 0.25) is 11.9 Å². The number of carbonyl (C=O) groups is 2. The number of urea groups is 2. The van der Waals surface area contributed by atoms with E-state index in [-0.39, 0.29) is 36.2 Å². The molecule has 2 aliphatic heterocycles. The molecule has 446 valence electrons. The van der Waals surface area contributed by atoms with E-state index in [0.717, 1.165) is 106 Å². The summed E-state index contributed by atoms with van der Waals surface area (Å²) in [5, 5.41) is 17.5. The summed E-state index contributed by atoms with van der Waals surface area (Å²) >= 11 is 3.62. The number of nitrogens with zero attached hydrogens (tertiary/aromatic N) is 14. The minimum absolute atomic E-state index is 0.0224. The molecule has 0 saturated carbocycles. The van der Waals surface area contributed by atoms with Crippen LogP contribution in [-0.4, -0.2) is 158 Å². The number of piperazine rings is 2. The Bertz CT molecular complexity index is 4500. The van der Waals surface area contributed by atoms with Crippen LogP contribution in [0.3, 0.4) is 0 Å². The van der Waals surface area contributed by atoms with Gasteiger partial charge in [-0.1, -0.05) is 88.7 Å². The first kappa shape index (κ1) is 57.8. The van der Waals surface area contributed by atoms with Gasteiger partial charge in [0.1, 0.15) is 24.3 Å². The highest BCUT2D eigenvalue weighted by molar-refractivity contribution is 9.10. The molecule has 21 heteroatoms. The van der Waals surface area contributed by atoms with E-state index in [0.29, 0.717) is 38.1 Å². The molecule has 12 aromatic rings. The molecular formula is C68H65BrN18O2. The maximum Gasteiger partial charge on any atom is 0.321 e. The van der Waals surface area contributed by atoms with Gasteiger partial charge in [-0.25, -0.2) is 29.5 Å². The molecule has 14 rings (SSSR count). The van der Waals surface area contributed by atoms with Crippen LogP contribution in [0.15, 0.2) is 206 Å². The van der Waals surface area contributed by atoms with Gasteiger partial charge in [0.25, 0.3) is 0 Å². The van der Waals surface area contributed by atoms with E-state index in [1.54, 1.807) is 49.8 Å². The second kappa shape index (κ2) is 25.6. The number of nitrogens with one attached hydrogen (secondary N) is 4. The maximum atomic E-state index is 13.4. The lowest BCUT2D eigenvalue weighted by molar-refractivity contribution is 0.107. The quantitative estimate of drug-likeness (QED) is 0.0898. The Morgan fingerprint density at radius 2 is 0.955 bits per heavy atom. The Morgan fingerprint density at radius 3 is 1.48 bits per heavy atom. The standard InChI is InChI=1S/C34H32BrN9O.C34H33N9O/c1-22(31-20-43(18-17-42(31)2)34(45)40-28-9-8-27(35)25-5-3-4-6-26(25)28)39-33-37-16-13-32(41-33)44-21-38-29-19-24(7-10-30(29)44)23-11-14-36-15-12-23;1-23(31-21-42(19-18-41(31)2)34(44)39-28-9-5-7-25-6-3-4-8-27(25)28)38-33-36-17-14-32(40-33)43-22-37-29-20-26(10-11-30(29)43)24-12-15-35-16-13-24/h3-16,19,21-22,31H,17-18,20H2,1-2H3,(H,40,45)(H,37,39,41);3-17,20,22-23,31H,18-19,21H2,1-2H3,(H,39,44)(H,36,38,40)/t22-,31+;23-,31+/m00/s1. The second-order valence-corrected chi connectivity index (χ2v) is 23.3. The summed E-state index contributed by atoms with van der Waals surface area (Å²) in [7, 11) is 4.19. The summed E-state index contributed by atoms with van der Waals surface area (Å²) in [4.78, 5) is 71.3. The van der Waals surface area contributed by atoms with Crippen molar-refractivity contribution in [2.24, 2.45) is 0 Å². The van der Waals surface area contributed by atoms with Crippen LogP contribution in [0.2, 0.25) is 0 Å². The van der Waals surface area contributed by atoms with Crippen LogP contribution in [0, 0.1) is 0 Å². The largest absolute Gasteiger partial charge is 0.350 e. The van der Waals surface area contributed by atoms with Crippen molar-refractivity contribution in [3.63, 3.8) is 0 Å². The lowest BCUT2D eigenvalue weighted by Gasteiger charge is -2.42. The molecule has 20 nitrogen and oxygen atoms in total. The second-order valence-electron chi connectivity index (χ2n) is 22.5. The number of amides is 4. The SMILES string of the molecule is C[C@H](Nc1nccc(-n2cnc3cc(-c4ccncc4)ccc32)n1)[C@H]1CN(C(=O)Nc2ccc(Br)c3ccccc23)CCN1C.C[C@H](Nc1nccc(-n2cnc3cc(-c4ccncc4)ccc32)n1)[C@H]1CN(C(=O)Nc2cccc3ccccc23)CCN1C. The highest BCUT2D eigenvalue weighted by Crippen LogP contribution is 2.32. The molecule has 4 atom stereocenters. The molecule has 6 aromatic heterocycles. The molecule has 4 N–H and O–H groups in total. The van der Waals surface area contributed by atoms with Gasteiger partial charge in [-0.3, -0.25) is 28.9 Å². The highest BCUT2D eigenvalue weighted by Gasteiger charge is 2.33. The third-order valence-corrected chi connectivity index (χ3v) is 17.6. The average molecular weight is 1250 g/mol. The van der Waals surface area contributed by atoms with Crippen LogP contribution in [0.1, 0.15) is 13.8 Å². The molecule has 4 amide bonds. The number of fused-ring (bicyclic) bond motifs is 4. The Hall–Kier alpha value is -10.2. The number of pyridine rings is 2. The molecule has 0 bridgehead atoms. The average Bonchev–Trinajstić information content (AvgIpc) is 3.11. The monoisotopic (exact) mass is 1240 g/mol. The third kappa shape index (κ3) is 12.5. The fourth-order valence-corrected chi connectivity index (χ4v) is 12.4. The zero-order valence-electron chi connectivity index (χ0n) is 49.6. The summed E-state index contributed by atoms with van der Waals surface area (Å²) in [6, 6.07) is 50.0. The lowest BCUT2D eigenvalue weighted by Crippen LogP contribution is -2.59. The molecular weight excluding hydrogens is 1180 g/mol. The molecule has 2 aliphatic rings. The molecule has 8 heterocycles. The number of hydrogen-bond acceptors (Lipinski definition) is 14. The van der Waals surface area contributed by atoms with Gasteiger partial charge in [0.15, 0.2) is 0 Å². The number of imidazole rings is 2. The van der Waals surface area contributed by atoms with Gasteiger partial charge in [0.05, 0.1) is 33.4 Å². The van der Waals surface area contributed by atoms with Crippen molar-refractivity contribution >= 4 is 94.9 Å². The molecule has 89 heavy (non-hydrogen) atoms. The van der Waals surface area contributed by atoms with Crippen LogP contribution >= 0.6 is 15.9 Å². The fourth-order valence-electron chi connectivity index (χ4n) is 11.9. The number of rotatable bonds is 12. The summed E-state index contributed by atoms with van der Waals surface area (Å²) in [6.07, 6.45) is 14.2. The topological polar surface area (TPSA) is 208 Å². The van der Waals surface area contributed by atoms with E-state index >= 15 is 0 Å². The Kier molecular flexibility index (Phi) is 16.6. The first-order valence-electron chi connectivity index (χ1n) is 29.6. The van der Waals surface area contributed by atoms with Gasteiger partial charge in [-0.2, -0.15) is 9.97 Å². The number of benzene rings is 6. The minimum Gasteiger partial charge on any atom is -0.350 e. The van der Waals surface area contributed by atoms with Crippen molar-refractivity contribution in [1.82, 2.24) is 68.6 Å². The summed E-state index contributed by atoms with van der Waals surface area (Å²) in [6.45, 7) is 8.17. The van der Waals surface area contributed by atoms with Crippen molar-refractivity contribution < 1.29 is 9.59 Å². The van der Waals surface area contributed by atoms with Crippen molar-refractivity contribution in [2.75, 3.05) is 74.6 Å². The van der Waals surface area contributed by atoms with E-state index in [1.165, 1.54) is 0 Å². The van der Waals surface area contributed by atoms with E-state index in [1.807, 2.05) is 122 Å². The van der Waals surface area contributed by atoms with E-state index in [2.05, 4.69) is 153 Å². The number of halogens is 1. The first-order chi connectivity index (χ1) is 43.5. The van der Waals surface area contributed by atoms with Gasteiger partial charge < -0.3 is 31.1 Å². The normalized spacial score (nSPS) is 16.2. The minimum atomic E-state index is -0.106. The van der Waals surface area contributed by atoms with Crippen LogP contribution < -0.4 is 21.3 Å². The Labute approximate surface area is 522 Å². The predicted molar refractivity (Wildman–Crippen MR) is 356 cm³/mol. The third-order valence-electron chi connectivity index (χ3n) is 16.9. The first-order valence-corrected chi connectivity index (χ1v) is 30.4. The molecule has 6 aromatic carbocycles. The molecule has 2 saturated heterocycles. The van der Waals surface area contributed by atoms with Crippen molar-refractivity contribution in [3.8, 4) is 33.9 Å². The van der Waals surface area contributed by atoms with Crippen LogP contribution in [0.5, 0.6) is 0 Å². The Morgan fingerprint density at radius 1 is 0.483 bits per heavy atom. The Balaban J connectivity index is 0.000000164. The van der Waals surface area contributed by atoms with Crippen LogP contribution in [0.25, 0.3) is 77.5 Å². The van der Waals surface area contributed by atoms with Gasteiger partial charge >= 0.3 is 12.1 Å². The summed E-state index contributed by atoms with van der Waals surface area (Å²) < 4.78 is 4.93. The molecule has 2 fully saturated rings. The van der Waals surface area contributed by atoms with Crippen molar-refractivity contribution in [1.29, 1.82) is 0 Å². The number of aromatic nitrogens is 10. The number of anilines is 4. The van der Waals surface area contributed by atoms with Crippen molar-refractivity contribution in [2.45, 2.75) is 38.0 Å². The molecule has 0 unspecified atom stereocenters. The maximum absolute atomic E-state index is 13.4. The number of carbonyl (C=O) groups excluding carboxylic acids is 2.